The SMILES string of the molecule is CCCCCCCC(NCCC)c1csc(C)n1. The fourth-order valence-corrected chi connectivity index (χ4v) is 2.83. The molecule has 1 N–H and O–H groups in total. The summed E-state index contributed by atoms with van der Waals surface area (Å²) in [6.45, 7) is 7.67. The molecule has 0 spiro atoms. The molecule has 18 heavy (non-hydrogen) atoms. The molecule has 0 radical (unpaired) electrons. The number of aromatic nitrogens is 1. The predicted molar refractivity (Wildman–Crippen MR) is 81.3 cm³/mol. The first kappa shape index (κ1) is 15.6. The molecule has 0 aliphatic heterocycles. The van der Waals surface area contributed by atoms with Gasteiger partial charge in [0, 0.05) is 5.38 Å². The third kappa shape index (κ3) is 5.96. The Kier molecular flexibility index (Phi) is 8.27. The van der Waals surface area contributed by atoms with Crippen LogP contribution in [0.3, 0.4) is 0 Å². The molecule has 0 saturated carbocycles. The Morgan fingerprint density at radius 3 is 2.56 bits per heavy atom. The Bertz CT molecular complexity index is 309. The van der Waals surface area contributed by atoms with Gasteiger partial charge in [0.25, 0.3) is 0 Å². The van der Waals surface area contributed by atoms with Crippen LogP contribution in [0.5, 0.6) is 0 Å². The Hall–Kier alpha value is -0.410. The average molecular weight is 268 g/mol. The van der Waals surface area contributed by atoms with Crippen molar-refractivity contribution in [1.82, 2.24) is 10.3 Å². The van der Waals surface area contributed by atoms with E-state index in [-0.39, 0.29) is 0 Å². The standard InChI is InChI=1S/C15H28N2S/c1-4-6-7-8-9-10-14(16-11-5-2)15-12-18-13(3)17-15/h12,14,16H,4-11H2,1-3H3. The van der Waals surface area contributed by atoms with Gasteiger partial charge >= 0.3 is 0 Å². The van der Waals surface area contributed by atoms with Crippen molar-refractivity contribution in [1.29, 1.82) is 0 Å². The zero-order valence-electron chi connectivity index (χ0n) is 12.2. The van der Waals surface area contributed by atoms with Crippen LogP contribution in [0.1, 0.15) is 75.5 Å². The molecule has 1 heterocycles. The van der Waals surface area contributed by atoms with Gasteiger partial charge in [-0.1, -0.05) is 46.0 Å². The first-order valence-corrected chi connectivity index (χ1v) is 8.31. The van der Waals surface area contributed by atoms with Crippen molar-refractivity contribution in [2.45, 2.75) is 71.8 Å². The van der Waals surface area contributed by atoms with Crippen LogP contribution in [0, 0.1) is 6.92 Å². The summed E-state index contributed by atoms with van der Waals surface area (Å²) in [6, 6.07) is 0.469. The van der Waals surface area contributed by atoms with E-state index in [9.17, 15) is 0 Å². The Morgan fingerprint density at radius 2 is 1.94 bits per heavy atom. The second kappa shape index (κ2) is 9.51. The van der Waals surface area contributed by atoms with E-state index in [1.807, 2.05) is 0 Å². The summed E-state index contributed by atoms with van der Waals surface area (Å²) in [5, 5.41) is 7.03. The highest BCUT2D eigenvalue weighted by Gasteiger charge is 2.12. The molecule has 0 aliphatic rings. The topological polar surface area (TPSA) is 24.9 Å². The molecule has 2 nitrogen and oxygen atoms in total. The van der Waals surface area contributed by atoms with Gasteiger partial charge in [0.1, 0.15) is 0 Å². The molecule has 1 rings (SSSR count). The molecule has 0 bridgehead atoms. The molecule has 1 aromatic heterocycles. The van der Waals surface area contributed by atoms with Gasteiger partial charge in [0.05, 0.1) is 16.7 Å². The molecule has 0 aromatic carbocycles. The molecule has 0 saturated heterocycles. The third-order valence-corrected chi connectivity index (χ3v) is 4.02. The molecule has 104 valence electrons. The van der Waals surface area contributed by atoms with E-state index in [0.29, 0.717) is 6.04 Å². The van der Waals surface area contributed by atoms with Gasteiger partial charge in [0.2, 0.25) is 0 Å². The van der Waals surface area contributed by atoms with E-state index in [0.717, 1.165) is 6.54 Å². The number of aryl methyl sites for hydroxylation is 1. The summed E-state index contributed by atoms with van der Waals surface area (Å²) in [4.78, 5) is 4.64. The van der Waals surface area contributed by atoms with Crippen LogP contribution >= 0.6 is 11.3 Å². The summed E-state index contributed by atoms with van der Waals surface area (Å²) in [7, 11) is 0. The van der Waals surface area contributed by atoms with Crippen LogP contribution in [-0.4, -0.2) is 11.5 Å². The van der Waals surface area contributed by atoms with Crippen LogP contribution < -0.4 is 5.32 Å². The van der Waals surface area contributed by atoms with E-state index in [1.165, 1.54) is 55.6 Å². The molecule has 0 amide bonds. The zero-order valence-corrected chi connectivity index (χ0v) is 13.0. The van der Waals surface area contributed by atoms with Crippen LogP contribution in [-0.2, 0) is 0 Å². The van der Waals surface area contributed by atoms with Gasteiger partial charge in [0.15, 0.2) is 0 Å². The Labute approximate surface area is 116 Å². The number of thiazole rings is 1. The van der Waals surface area contributed by atoms with Crippen LogP contribution in [0.15, 0.2) is 5.38 Å². The van der Waals surface area contributed by atoms with Crippen LogP contribution in [0.4, 0.5) is 0 Å². The Morgan fingerprint density at radius 1 is 1.17 bits per heavy atom. The van der Waals surface area contributed by atoms with Crippen LogP contribution in [0.25, 0.3) is 0 Å². The van der Waals surface area contributed by atoms with Crippen molar-refractivity contribution >= 4 is 11.3 Å². The molecule has 1 aromatic rings. The number of nitrogens with one attached hydrogen (secondary N) is 1. The number of rotatable bonds is 10. The van der Waals surface area contributed by atoms with E-state index < -0.39 is 0 Å². The predicted octanol–water partition coefficient (Wildman–Crippen LogP) is 4.85. The van der Waals surface area contributed by atoms with Gasteiger partial charge < -0.3 is 5.32 Å². The van der Waals surface area contributed by atoms with Crippen molar-refractivity contribution in [3.05, 3.63) is 16.1 Å². The summed E-state index contributed by atoms with van der Waals surface area (Å²) in [5.41, 5.74) is 1.25. The van der Waals surface area contributed by atoms with Gasteiger partial charge in [-0.2, -0.15) is 0 Å². The lowest BCUT2D eigenvalue weighted by atomic mass is 10.0. The van der Waals surface area contributed by atoms with Crippen molar-refractivity contribution in [3.63, 3.8) is 0 Å². The largest absolute Gasteiger partial charge is 0.309 e. The van der Waals surface area contributed by atoms with E-state index >= 15 is 0 Å². The Balaban J connectivity index is 2.36. The fraction of sp³-hybridized carbons (Fsp3) is 0.800. The minimum absolute atomic E-state index is 0.469. The zero-order chi connectivity index (χ0) is 13.2. The van der Waals surface area contributed by atoms with Crippen LogP contribution in [0.2, 0.25) is 0 Å². The monoisotopic (exact) mass is 268 g/mol. The summed E-state index contributed by atoms with van der Waals surface area (Å²) in [5.74, 6) is 0. The molecular formula is C15H28N2S. The third-order valence-electron chi connectivity index (χ3n) is 3.23. The van der Waals surface area contributed by atoms with Gasteiger partial charge in [-0.3, -0.25) is 0 Å². The lowest BCUT2D eigenvalue weighted by Gasteiger charge is -2.16. The van der Waals surface area contributed by atoms with E-state index in [4.69, 9.17) is 0 Å². The highest BCUT2D eigenvalue weighted by molar-refractivity contribution is 7.09. The molecule has 3 heteroatoms. The highest BCUT2D eigenvalue weighted by atomic mass is 32.1. The number of nitrogens with zero attached hydrogens (tertiary/aromatic N) is 1. The number of hydrogen-bond acceptors (Lipinski definition) is 3. The van der Waals surface area contributed by atoms with Crippen molar-refractivity contribution in [2.24, 2.45) is 0 Å². The summed E-state index contributed by atoms with van der Waals surface area (Å²) >= 11 is 1.76. The van der Waals surface area contributed by atoms with Crippen molar-refractivity contribution < 1.29 is 0 Å². The maximum absolute atomic E-state index is 4.64. The molecule has 0 fully saturated rings. The summed E-state index contributed by atoms with van der Waals surface area (Å²) < 4.78 is 0. The lowest BCUT2D eigenvalue weighted by Crippen LogP contribution is -2.22. The first-order chi connectivity index (χ1) is 8.77. The average Bonchev–Trinajstić information content (AvgIpc) is 2.79. The van der Waals surface area contributed by atoms with Gasteiger partial charge in [-0.15, -0.1) is 11.3 Å². The quantitative estimate of drug-likeness (QED) is 0.613. The summed E-state index contributed by atoms with van der Waals surface area (Å²) in [6.07, 6.45) is 9.18. The molecular weight excluding hydrogens is 240 g/mol. The maximum atomic E-state index is 4.64. The first-order valence-electron chi connectivity index (χ1n) is 7.43. The number of hydrogen-bond donors (Lipinski definition) is 1. The van der Waals surface area contributed by atoms with E-state index in [1.54, 1.807) is 11.3 Å². The molecule has 0 aliphatic carbocycles. The maximum Gasteiger partial charge on any atom is 0.0898 e. The lowest BCUT2D eigenvalue weighted by molar-refractivity contribution is 0.461. The smallest absolute Gasteiger partial charge is 0.0898 e. The minimum Gasteiger partial charge on any atom is -0.309 e. The van der Waals surface area contributed by atoms with Crippen molar-refractivity contribution in [2.75, 3.05) is 6.54 Å². The fourth-order valence-electron chi connectivity index (χ4n) is 2.17. The second-order valence-corrected chi connectivity index (χ2v) is 6.06. The highest BCUT2D eigenvalue weighted by Crippen LogP contribution is 2.22. The van der Waals surface area contributed by atoms with Crippen molar-refractivity contribution in [3.8, 4) is 0 Å². The van der Waals surface area contributed by atoms with Gasteiger partial charge in [-0.25, -0.2) is 4.98 Å². The van der Waals surface area contributed by atoms with E-state index in [2.05, 4.69) is 36.5 Å². The normalized spacial score (nSPS) is 12.8. The van der Waals surface area contributed by atoms with Gasteiger partial charge in [-0.05, 0) is 26.3 Å². The second-order valence-electron chi connectivity index (χ2n) is 5.00. The molecule has 1 unspecified atom stereocenters. The molecule has 1 atom stereocenters. The minimum atomic E-state index is 0.469. The number of unbranched alkanes of at least 4 members (excludes halogenated alkanes) is 4.